The minimum Gasteiger partial charge on any atom is -0.467 e. The van der Waals surface area contributed by atoms with Gasteiger partial charge in [-0.1, -0.05) is 40.0 Å². The first-order chi connectivity index (χ1) is 9.60. The van der Waals surface area contributed by atoms with E-state index >= 15 is 0 Å². The molecule has 0 heterocycles. The Bertz CT molecular complexity index is 343. The summed E-state index contributed by atoms with van der Waals surface area (Å²) in [6.07, 6.45) is 3.97. The predicted octanol–water partition coefficient (Wildman–Crippen LogP) is 3.49. The fraction of sp³-hybridized carbons (Fsp3) is 0.938. The highest BCUT2D eigenvalue weighted by atomic mass is 28.4. The molecular weight excluding hydrogens is 284 g/mol. The van der Waals surface area contributed by atoms with Crippen LogP contribution in [0.2, 0.25) is 18.1 Å². The van der Waals surface area contributed by atoms with Crippen molar-refractivity contribution in [1.82, 2.24) is 0 Å². The van der Waals surface area contributed by atoms with Crippen LogP contribution in [0.1, 0.15) is 52.9 Å². The molecule has 0 unspecified atom stereocenters. The largest absolute Gasteiger partial charge is 0.467 e. The second-order valence-electron chi connectivity index (χ2n) is 7.71. The summed E-state index contributed by atoms with van der Waals surface area (Å²) in [5, 5.41) is 10.4. The number of methoxy groups -OCH3 is 1. The Labute approximate surface area is 130 Å². The SMILES string of the molecule is COC(=O)[C@@H](O)[C@@H](O[Si](C)(C)C(C)(C)C)C1CCCCC1. The molecule has 1 aliphatic carbocycles. The molecule has 0 saturated heterocycles. The van der Waals surface area contributed by atoms with Crippen molar-refractivity contribution in [3.63, 3.8) is 0 Å². The van der Waals surface area contributed by atoms with E-state index < -0.39 is 26.5 Å². The van der Waals surface area contributed by atoms with Gasteiger partial charge in [0.05, 0.1) is 13.2 Å². The second-order valence-corrected chi connectivity index (χ2v) is 12.5. The fourth-order valence-corrected chi connectivity index (χ4v) is 4.01. The maximum Gasteiger partial charge on any atom is 0.337 e. The third-order valence-corrected chi connectivity index (χ3v) is 9.58. The molecule has 1 aliphatic rings. The van der Waals surface area contributed by atoms with E-state index in [0.717, 1.165) is 25.7 Å². The first kappa shape index (κ1) is 18.7. The van der Waals surface area contributed by atoms with Crippen molar-refractivity contribution in [2.45, 2.75) is 83.2 Å². The first-order valence-electron chi connectivity index (χ1n) is 8.04. The summed E-state index contributed by atoms with van der Waals surface area (Å²) in [7, 11) is -0.726. The van der Waals surface area contributed by atoms with Crippen LogP contribution >= 0.6 is 0 Å². The monoisotopic (exact) mass is 316 g/mol. The molecule has 5 heteroatoms. The average molecular weight is 317 g/mol. The normalized spacial score (nSPS) is 20.9. The maximum absolute atomic E-state index is 11.8. The van der Waals surface area contributed by atoms with Crippen molar-refractivity contribution in [3.8, 4) is 0 Å². The second kappa shape index (κ2) is 7.25. The van der Waals surface area contributed by atoms with E-state index in [9.17, 15) is 9.90 Å². The molecule has 0 radical (unpaired) electrons. The van der Waals surface area contributed by atoms with E-state index in [1.54, 1.807) is 0 Å². The molecule has 0 aliphatic heterocycles. The van der Waals surface area contributed by atoms with Crippen molar-refractivity contribution in [2.75, 3.05) is 7.11 Å². The van der Waals surface area contributed by atoms with Crippen molar-refractivity contribution in [2.24, 2.45) is 5.92 Å². The zero-order chi connectivity index (χ0) is 16.3. The van der Waals surface area contributed by atoms with Gasteiger partial charge in [-0.05, 0) is 36.9 Å². The van der Waals surface area contributed by atoms with Crippen LogP contribution < -0.4 is 0 Å². The Morgan fingerprint density at radius 3 is 2.14 bits per heavy atom. The van der Waals surface area contributed by atoms with Gasteiger partial charge in [0.2, 0.25) is 0 Å². The topological polar surface area (TPSA) is 55.8 Å². The lowest BCUT2D eigenvalue weighted by atomic mass is 9.83. The molecule has 0 amide bonds. The van der Waals surface area contributed by atoms with Gasteiger partial charge >= 0.3 is 5.97 Å². The van der Waals surface area contributed by atoms with E-state index in [-0.39, 0.29) is 11.0 Å². The lowest BCUT2D eigenvalue weighted by molar-refractivity contribution is -0.158. The van der Waals surface area contributed by atoms with Gasteiger partial charge in [-0.15, -0.1) is 0 Å². The summed E-state index contributed by atoms with van der Waals surface area (Å²) in [5.41, 5.74) is 0. The Balaban J connectivity index is 2.93. The highest BCUT2D eigenvalue weighted by Gasteiger charge is 2.44. The Hall–Kier alpha value is -0.393. The summed E-state index contributed by atoms with van der Waals surface area (Å²) in [4.78, 5) is 11.8. The molecule has 1 saturated carbocycles. The highest BCUT2D eigenvalue weighted by Crippen LogP contribution is 2.40. The van der Waals surface area contributed by atoms with Crippen LogP contribution in [-0.2, 0) is 14.0 Å². The maximum atomic E-state index is 11.8. The van der Waals surface area contributed by atoms with Crippen molar-refractivity contribution < 1.29 is 19.1 Å². The highest BCUT2D eigenvalue weighted by molar-refractivity contribution is 6.74. The Morgan fingerprint density at radius 2 is 1.71 bits per heavy atom. The summed E-state index contributed by atoms with van der Waals surface area (Å²) < 4.78 is 11.1. The van der Waals surface area contributed by atoms with Crippen LogP contribution in [0.15, 0.2) is 0 Å². The molecule has 21 heavy (non-hydrogen) atoms. The van der Waals surface area contributed by atoms with Gasteiger partial charge < -0.3 is 14.3 Å². The van der Waals surface area contributed by atoms with E-state index in [4.69, 9.17) is 9.16 Å². The van der Waals surface area contributed by atoms with Gasteiger partial charge in [-0.25, -0.2) is 4.79 Å². The first-order valence-corrected chi connectivity index (χ1v) is 10.9. The van der Waals surface area contributed by atoms with E-state index in [1.165, 1.54) is 13.5 Å². The fourth-order valence-electron chi connectivity index (χ4n) is 2.65. The zero-order valence-electron chi connectivity index (χ0n) is 14.4. The number of aliphatic hydroxyl groups excluding tert-OH is 1. The van der Waals surface area contributed by atoms with E-state index in [1.807, 2.05) is 0 Å². The number of hydrogen-bond acceptors (Lipinski definition) is 4. The molecule has 1 rings (SSSR count). The van der Waals surface area contributed by atoms with Crippen LogP contribution in [0, 0.1) is 5.92 Å². The molecule has 124 valence electrons. The van der Waals surface area contributed by atoms with E-state index in [0.29, 0.717) is 0 Å². The minimum atomic E-state index is -2.04. The van der Waals surface area contributed by atoms with Crippen LogP contribution in [0.4, 0.5) is 0 Å². The molecule has 1 fully saturated rings. The summed E-state index contributed by atoms with van der Waals surface area (Å²) in [6.45, 7) is 10.8. The van der Waals surface area contributed by atoms with Gasteiger partial charge in [0, 0.05) is 0 Å². The van der Waals surface area contributed by atoms with Crippen LogP contribution in [0.25, 0.3) is 0 Å². The van der Waals surface area contributed by atoms with Crippen LogP contribution in [0.5, 0.6) is 0 Å². The van der Waals surface area contributed by atoms with Gasteiger partial charge in [0.25, 0.3) is 0 Å². The molecule has 4 nitrogen and oxygen atoms in total. The number of ether oxygens (including phenoxy) is 1. The van der Waals surface area contributed by atoms with Gasteiger partial charge in [-0.3, -0.25) is 0 Å². The Morgan fingerprint density at radius 1 is 1.19 bits per heavy atom. The van der Waals surface area contributed by atoms with E-state index in [2.05, 4.69) is 33.9 Å². The number of hydrogen-bond donors (Lipinski definition) is 1. The van der Waals surface area contributed by atoms with Gasteiger partial charge in [-0.2, -0.15) is 0 Å². The molecule has 0 aromatic heterocycles. The predicted molar refractivity (Wildman–Crippen MR) is 86.7 cm³/mol. The number of aliphatic hydroxyl groups is 1. The lowest BCUT2D eigenvalue weighted by Gasteiger charge is -2.43. The smallest absolute Gasteiger partial charge is 0.337 e. The van der Waals surface area contributed by atoms with Crippen molar-refractivity contribution >= 4 is 14.3 Å². The minimum absolute atomic E-state index is 0.0513. The van der Waals surface area contributed by atoms with Gasteiger partial charge in [0.1, 0.15) is 0 Å². The number of esters is 1. The number of rotatable bonds is 5. The summed E-state index contributed by atoms with van der Waals surface area (Å²) >= 11 is 0. The quantitative estimate of drug-likeness (QED) is 0.623. The lowest BCUT2D eigenvalue weighted by Crippen LogP contribution is -2.52. The third kappa shape index (κ3) is 4.79. The summed E-state index contributed by atoms with van der Waals surface area (Å²) in [6, 6.07) is 0. The third-order valence-electron chi connectivity index (χ3n) is 5.11. The molecule has 0 aromatic rings. The average Bonchev–Trinajstić information content (AvgIpc) is 2.43. The summed E-state index contributed by atoms with van der Waals surface area (Å²) in [5.74, 6) is -0.328. The molecule has 1 N–H and O–H groups in total. The molecule has 0 aromatic carbocycles. The van der Waals surface area contributed by atoms with Crippen molar-refractivity contribution in [1.29, 1.82) is 0 Å². The van der Waals surface area contributed by atoms with Crippen molar-refractivity contribution in [3.05, 3.63) is 0 Å². The molecule has 0 bridgehead atoms. The number of carbonyl (C=O) groups is 1. The van der Waals surface area contributed by atoms with Crippen LogP contribution in [-0.4, -0.2) is 38.7 Å². The van der Waals surface area contributed by atoms with Gasteiger partial charge in [0.15, 0.2) is 14.4 Å². The zero-order valence-corrected chi connectivity index (χ0v) is 15.4. The molecule has 2 atom stereocenters. The molecule has 0 spiro atoms. The number of carbonyl (C=O) groups excluding carboxylic acids is 1. The molecular formula is C16H32O4Si. The van der Waals surface area contributed by atoms with Crippen LogP contribution in [0.3, 0.4) is 0 Å². The Kier molecular flexibility index (Phi) is 6.44. The standard InChI is InChI=1S/C16H32O4Si/c1-16(2,3)21(5,6)20-14(13(17)15(18)19-4)12-10-8-7-9-11-12/h12-14,17H,7-11H2,1-6H3/t13-,14-/m0/s1.